The highest BCUT2D eigenvalue weighted by Crippen LogP contribution is 2.43. The van der Waals surface area contributed by atoms with Gasteiger partial charge in [0.25, 0.3) is 11.8 Å². The number of carbonyl (C=O) groups is 2. The Bertz CT molecular complexity index is 1850. The van der Waals surface area contributed by atoms with Crippen LogP contribution in [0.5, 0.6) is 0 Å². The number of fused-ring (bicyclic) bond motifs is 4. The first-order valence-electron chi connectivity index (χ1n) is 14.1. The highest BCUT2D eigenvalue weighted by atomic mass is 35.5. The van der Waals surface area contributed by atoms with Gasteiger partial charge >= 0.3 is 0 Å². The van der Waals surface area contributed by atoms with Crippen LogP contribution in [0.3, 0.4) is 0 Å². The summed E-state index contributed by atoms with van der Waals surface area (Å²) in [6.07, 6.45) is 3.76. The molecule has 0 aliphatic carbocycles. The Morgan fingerprint density at radius 1 is 0.829 bits per heavy atom. The molecular weight excluding hydrogens is 532 g/mol. The van der Waals surface area contributed by atoms with Crippen molar-refractivity contribution in [3.63, 3.8) is 0 Å². The molecule has 4 heterocycles. The van der Waals surface area contributed by atoms with Crippen molar-refractivity contribution in [2.24, 2.45) is 17.6 Å². The van der Waals surface area contributed by atoms with E-state index in [1.807, 2.05) is 72.9 Å². The molecule has 2 aromatic heterocycles. The van der Waals surface area contributed by atoms with E-state index in [2.05, 4.69) is 40.4 Å². The molecule has 7 heteroatoms. The Hall–Kier alpha value is -4.13. The fourth-order valence-electron chi connectivity index (χ4n) is 6.75. The Kier molecular flexibility index (Phi) is 6.84. The Morgan fingerprint density at radius 2 is 1.46 bits per heavy atom. The molecule has 2 aliphatic heterocycles. The Balaban J connectivity index is 0.00000302. The van der Waals surface area contributed by atoms with Crippen molar-refractivity contribution in [1.29, 1.82) is 0 Å². The molecule has 2 amide bonds. The Labute approximate surface area is 245 Å². The maximum Gasteiger partial charge on any atom is 0.259 e. The van der Waals surface area contributed by atoms with Crippen LogP contribution in [0.4, 0.5) is 0 Å². The summed E-state index contributed by atoms with van der Waals surface area (Å²) in [5.41, 5.74) is 13.4. The monoisotopic (exact) mass is 564 g/mol. The number of aryl methyl sites for hydroxylation is 1. The highest BCUT2D eigenvalue weighted by molar-refractivity contribution is 6.51. The number of carbonyl (C=O) groups excluding carboxylic acids is 2. The maximum atomic E-state index is 13.7. The van der Waals surface area contributed by atoms with Gasteiger partial charge in [-0.05, 0) is 48.9 Å². The number of imide groups is 1. The smallest absolute Gasteiger partial charge is 0.259 e. The number of aromatic nitrogens is 2. The van der Waals surface area contributed by atoms with E-state index in [-0.39, 0.29) is 30.3 Å². The van der Waals surface area contributed by atoms with Gasteiger partial charge in [-0.1, -0.05) is 68.4 Å². The fraction of sp³-hybridized carbons (Fsp3) is 0.235. The quantitative estimate of drug-likeness (QED) is 0.252. The van der Waals surface area contributed by atoms with Crippen molar-refractivity contribution < 1.29 is 9.59 Å². The molecule has 0 radical (unpaired) electrons. The maximum absolute atomic E-state index is 13.7. The molecule has 6 nitrogen and oxygen atoms in total. The van der Waals surface area contributed by atoms with E-state index < -0.39 is 0 Å². The van der Waals surface area contributed by atoms with Crippen molar-refractivity contribution in [2.75, 3.05) is 0 Å². The van der Waals surface area contributed by atoms with E-state index in [4.69, 9.17) is 5.73 Å². The zero-order chi connectivity index (χ0) is 27.5. The third-order valence-corrected chi connectivity index (χ3v) is 8.77. The largest absolute Gasteiger partial charge is 0.344 e. The van der Waals surface area contributed by atoms with Crippen LogP contribution in [0, 0.1) is 11.8 Å². The summed E-state index contributed by atoms with van der Waals surface area (Å²) in [6, 6.07) is 26.4. The lowest BCUT2D eigenvalue weighted by Crippen LogP contribution is -2.39. The zero-order valence-corrected chi connectivity index (χ0v) is 23.9. The molecule has 0 spiro atoms. The van der Waals surface area contributed by atoms with Crippen LogP contribution < -0.4 is 11.1 Å². The normalized spacial score (nSPS) is 17.7. The lowest BCUT2D eigenvalue weighted by atomic mass is 9.82. The first kappa shape index (κ1) is 27.1. The van der Waals surface area contributed by atoms with Gasteiger partial charge in [0.05, 0.1) is 16.7 Å². The van der Waals surface area contributed by atoms with Crippen molar-refractivity contribution in [3.8, 4) is 5.69 Å². The second kappa shape index (κ2) is 10.4. The number of hydrogen-bond donors (Lipinski definition) is 2. The number of nitrogens with one attached hydrogen (secondary N) is 1. The lowest BCUT2D eigenvalue weighted by Gasteiger charge is -2.32. The zero-order valence-electron chi connectivity index (χ0n) is 23.1. The van der Waals surface area contributed by atoms with Gasteiger partial charge in [-0.2, -0.15) is 0 Å². The molecule has 0 unspecified atom stereocenters. The second-order valence-electron chi connectivity index (χ2n) is 11.4. The van der Waals surface area contributed by atoms with Crippen LogP contribution >= 0.6 is 12.4 Å². The molecule has 3 N–H and O–H groups in total. The first-order chi connectivity index (χ1) is 19.4. The number of nitrogens with two attached hydrogens (primary N) is 1. The van der Waals surface area contributed by atoms with E-state index in [9.17, 15) is 9.59 Å². The molecule has 208 valence electrons. The third-order valence-electron chi connectivity index (χ3n) is 8.77. The van der Waals surface area contributed by atoms with E-state index in [0.29, 0.717) is 23.0 Å². The summed E-state index contributed by atoms with van der Waals surface area (Å²) < 4.78 is 4.43. The summed E-state index contributed by atoms with van der Waals surface area (Å²) >= 11 is 0. The molecule has 0 saturated carbocycles. The van der Waals surface area contributed by atoms with Gasteiger partial charge in [0.2, 0.25) is 0 Å². The third kappa shape index (κ3) is 4.21. The van der Waals surface area contributed by atoms with Gasteiger partial charge in [-0.25, -0.2) is 0 Å². The molecule has 3 aromatic carbocycles. The van der Waals surface area contributed by atoms with Gasteiger partial charge in [0, 0.05) is 57.6 Å². The molecule has 0 bridgehead atoms. The van der Waals surface area contributed by atoms with E-state index in [1.165, 1.54) is 0 Å². The van der Waals surface area contributed by atoms with Crippen LogP contribution in [0.25, 0.3) is 38.6 Å². The summed E-state index contributed by atoms with van der Waals surface area (Å²) in [6.45, 7) is 5.18. The van der Waals surface area contributed by atoms with Gasteiger partial charge in [-0.3, -0.25) is 14.9 Å². The summed E-state index contributed by atoms with van der Waals surface area (Å²) in [5.74, 6) is -0.0309. The molecule has 0 saturated heterocycles. The molecule has 5 aromatic rings. The minimum Gasteiger partial charge on any atom is -0.344 e. The number of benzene rings is 3. The average molecular weight is 565 g/mol. The van der Waals surface area contributed by atoms with Gasteiger partial charge in [-0.15, -0.1) is 12.4 Å². The minimum absolute atomic E-state index is 0. The van der Waals surface area contributed by atoms with E-state index in [1.54, 1.807) is 0 Å². The number of para-hydroxylation sites is 3. The van der Waals surface area contributed by atoms with E-state index >= 15 is 0 Å². The number of hydrogen-bond acceptors (Lipinski definition) is 3. The minimum atomic E-state index is -0.355. The highest BCUT2D eigenvalue weighted by Gasteiger charge is 2.39. The first-order valence-corrected chi connectivity index (χ1v) is 14.1. The molecular formula is C34H33ClN4O2. The molecule has 2 aliphatic rings. The van der Waals surface area contributed by atoms with Crippen LogP contribution in [0.1, 0.15) is 37.1 Å². The van der Waals surface area contributed by atoms with E-state index in [0.717, 1.165) is 63.7 Å². The average Bonchev–Trinajstić information content (AvgIpc) is 3.60. The van der Waals surface area contributed by atoms with Crippen LogP contribution in [0.2, 0.25) is 0 Å². The summed E-state index contributed by atoms with van der Waals surface area (Å²) in [4.78, 5) is 27.3. The van der Waals surface area contributed by atoms with Crippen molar-refractivity contribution in [3.05, 3.63) is 102 Å². The standard InChI is InChI=1S/C34H32N4O2.ClH/c1-20(2)32(35)21-16-17-37-27-15-9-7-13-24(27)29(28(37)18-21)31-30(33(39)36-34(31)40)25-19-38(22-10-4-3-5-11-22)26-14-8-6-12-23(25)26;/h3-15,19-21,32H,16-18,35H2,1-2H3,(H,36,39,40);1H/t21-,32-;/m0./s1. The summed E-state index contributed by atoms with van der Waals surface area (Å²) in [5, 5.41) is 4.58. The molecule has 7 rings (SSSR count). The van der Waals surface area contributed by atoms with Crippen LogP contribution in [-0.2, 0) is 22.6 Å². The number of nitrogens with zero attached hydrogens (tertiary/aromatic N) is 2. The number of halogens is 1. The van der Waals surface area contributed by atoms with Crippen LogP contribution in [-0.4, -0.2) is 27.0 Å². The summed E-state index contributed by atoms with van der Waals surface area (Å²) in [7, 11) is 0. The van der Waals surface area contributed by atoms with Gasteiger partial charge in [0.15, 0.2) is 0 Å². The SMILES string of the molecule is CC(C)[C@H](N)[C@H]1CCn2c(c(C3=C(c4cn(-c5ccccc5)c5ccccc45)C(=O)NC3=O)c3ccccc32)C1.Cl. The predicted octanol–water partition coefficient (Wildman–Crippen LogP) is 6.12. The topological polar surface area (TPSA) is 82.0 Å². The number of rotatable bonds is 5. The second-order valence-corrected chi connectivity index (χ2v) is 11.4. The molecule has 0 fully saturated rings. The van der Waals surface area contributed by atoms with Gasteiger partial charge < -0.3 is 14.9 Å². The molecule has 2 atom stereocenters. The van der Waals surface area contributed by atoms with Crippen molar-refractivity contribution in [2.45, 2.75) is 39.3 Å². The van der Waals surface area contributed by atoms with Gasteiger partial charge in [0.1, 0.15) is 0 Å². The fourth-order valence-corrected chi connectivity index (χ4v) is 6.75. The lowest BCUT2D eigenvalue weighted by molar-refractivity contribution is -0.122. The van der Waals surface area contributed by atoms with Crippen molar-refractivity contribution >= 4 is 57.2 Å². The van der Waals surface area contributed by atoms with Crippen molar-refractivity contribution in [1.82, 2.24) is 14.5 Å². The number of amides is 2. The predicted molar refractivity (Wildman–Crippen MR) is 167 cm³/mol. The molecule has 41 heavy (non-hydrogen) atoms. The Morgan fingerprint density at radius 3 is 2.20 bits per heavy atom. The van der Waals surface area contributed by atoms with Crippen LogP contribution in [0.15, 0.2) is 85.1 Å².